The Morgan fingerprint density at radius 3 is 2.45 bits per heavy atom. The third-order valence-electron chi connectivity index (χ3n) is 1.46. The van der Waals surface area contributed by atoms with Crippen molar-refractivity contribution in [1.82, 2.24) is 0 Å². The fraction of sp³-hybridized carbons (Fsp3) is 0.429. The molecule has 0 aromatic heterocycles. The average Bonchev–Trinajstić information content (AvgIpc) is 1.95. The Labute approximate surface area is 61.2 Å². The maximum absolute atomic E-state index is 12.8. The van der Waals surface area contributed by atoms with E-state index in [1.807, 2.05) is 0 Å². The van der Waals surface area contributed by atoms with Gasteiger partial charge in [-0.3, -0.25) is 0 Å². The first-order valence-corrected chi connectivity index (χ1v) is 3.03. The monoisotopic (exact) mass is 166 g/mol. The first-order chi connectivity index (χ1) is 4.95. The van der Waals surface area contributed by atoms with Gasteiger partial charge in [0.25, 0.3) is 0 Å². The molecule has 0 aromatic rings. The van der Waals surface area contributed by atoms with Crippen LogP contribution in [0.3, 0.4) is 0 Å². The van der Waals surface area contributed by atoms with Crippen molar-refractivity contribution < 1.29 is 17.6 Å². The average molecular weight is 166 g/mol. The number of hydrogen-bond donors (Lipinski definition) is 0. The normalized spacial score (nSPS) is 38.1. The summed E-state index contributed by atoms with van der Waals surface area (Å²) >= 11 is 0. The van der Waals surface area contributed by atoms with E-state index in [2.05, 4.69) is 0 Å². The molecule has 2 atom stereocenters. The summed E-state index contributed by atoms with van der Waals surface area (Å²) in [7, 11) is 0. The summed E-state index contributed by atoms with van der Waals surface area (Å²) < 4.78 is 49.8. The van der Waals surface area contributed by atoms with Crippen LogP contribution in [0.5, 0.6) is 0 Å². The summed E-state index contributed by atoms with van der Waals surface area (Å²) in [6.45, 7) is 0.824. The van der Waals surface area contributed by atoms with Gasteiger partial charge in [0.2, 0.25) is 0 Å². The van der Waals surface area contributed by atoms with E-state index in [1.54, 1.807) is 0 Å². The molecule has 0 spiro atoms. The molecular weight excluding hydrogens is 160 g/mol. The van der Waals surface area contributed by atoms with Gasteiger partial charge in [0.05, 0.1) is 0 Å². The third kappa shape index (κ3) is 1.29. The van der Waals surface area contributed by atoms with Gasteiger partial charge >= 0.3 is 0 Å². The molecule has 0 saturated carbocycles. The molecule has 0 nitrogen and oxygen atoms in total. The zero-order valence-electron chi connectivity index (χ0n) is 5.74. The number of hydrogen-bond acceptors (Lipinski definition) is 0. The highest BCUT2D eigenvalue weighted by Gasteiger charge is 2.36. The van der Waals surface area contributed by atoms with Gasteiger partial charge in [-0.2, -0.15) is 0 Å². The molecule has 0 aromatic carbocycles. The van der Waals surface area contributed by atoms with Crippen molar-refractivity contribution in [2.24, 2.45) is 0 Å². The third-order valence-corrected chi connectivity index (χ3v) is 1.46. The Hall–Kier alpha value is -0.800. The molecule has 4 heteroatoms. The molecule has 2 unspecified atom stereocenters. The molecule has 0 saturated heterocycles. The van der Waals surface area contributed by atoms with Crippen molar-refractivity contribution in [3.05, 3.63) is 23.8 Å². The van der Waals surface area contributed by atoms with Crippen LogP contribution in [0.2, 0.25) is 0 Å². The second-order valence-electron chi connectivity index (χ2n) is 2.50. The van der Waals surface area contributed by atoms with E-state index >= 15 is 0 Å². The molecule has 0 amide bonds. The Morgan fingerprint density at radius 2 is 2.00 bits per heavy atom. The van der Waals surface area contributed by atoms with E-state index in [1.165, 1.54) is 0 Å². The van der Waals surface area contributed by atoms with Crippen LogP contribution in [0.4, 0.5) is 17.6 Å². The zero-order chi connectivity index (χ0) is 8.65. The number of halogens is 4. The Morgan fingerprint density at radius 1 is 1.45 bits per heavy atom. The Kier molecular flexibility index (Phi) is 1.78. The van der Waals surface area contributed by atoms with E-state index in [0.29, 0.717) is 12.2 Å². The minimum atomic E-state index is -2.49. The molecule has 0 aliphatic heterocycles. The van der Waals surface area contributed by atoms with Crippen molar-refractivity contribution >= 4 is 0 Å². The van der Waals surface area contributed by atoms with Crippen molar-refractivity contribution in [2.75, 3.05) is 0 Å². The first-order valence-electron chi connectivity index (χ1n) is 3.03. The molecular formula is C7H6F4. The van der Waals surface area contributed by atoms with Crippen molar-refractivity contribution in [3.63, 3.8) is 0 Å². The smallest absolute Gasteiger partial charge is 0.180 e. The predicted octanol–water partition coefficient (Wildman–Crippen LogP) is 2.77. The standard InChI is InChI=1S/C7H6F4/c1-7(11)3-2-4(8)5(9)6(7)10/h2-4H,1H3. The van der Waals surface area contributed by atoms with Crippen LogP contribution in [-0.4, -0.2) is 11.8 Å². The Bertz CT molecular complexity index is 227. The van der Waals surface area contributed by atoms with Gasteiger partial charge < -0.3 is 0 Å². The first kappa shape index (κ1) is 8.30. The van der Waals surface area contributed by atoms with Crippen LogP contribution in [0.1, 0.15) is 6.92 Å². The highest BCUT2D eigenvalue weighted by atomic mass is 19.2. The molecule has 11 heavy (non-hydrogen) atoms. The lowest BCUT2D eigenvalue weighted by atomic mass is 9.99. The van der Waals surface area contributed by atoms with Crippen LogP contribution < -0.4 is 0 Å². The number of rotatable bonds is 0. The minimum absolute atomic E-state index is 0.651. The second-order valence-corrected chi connectivity index (χ2v) is 2.50. The predicted molar refractivity (Wildman–Crippen MR) is 32.8 cm³/mol. The van der Waals surface area contributed by atoms with E-state index in [0.717, 1.165) is 6.92 Å². The van der Waals surface area contributed by atoms with Gasteiger partial charge in [0.15, 0.2) is 23.5 Å². The molecule has 0 heterocycles. The van der Waals surface area contributed by atoms with Crippen LogP contribution >= 0.6 is 0 Å². The van der Waals surface area contributed by atoms with E-state index < -0.39 is 23.5 Å². The number of alkyl halides is 2. The van der Waals surface area contributed by atoms with Crippen LogP contribution in [-0.2, 0) is 0 Å². The summed E-state index contributed by atoms with van der Waals surface area (Å²) in [5, 5.41) is 0. The fourth-order valence-corrected chi connectivity index (χ4v) is 0.777. The summed E-state index contributed by atoms with van der Waals surface area (Å²) in [5.41, 5.74) is -2.49. The molecule has 1 aliphatic rings. The van der Waals surface area contributed by atoms with Gasteiger partial charge in [-0.05, 0) is 19.1 Å². The van der Waals surface area contributed by atoms with Gasteiger partial charge in [-0.15, -0.1) is 0 Å². The maximum Gasteiger partial charge on any atom is 0.180 e. The molecule has 1 rings (SSSR count). The van der Waals surface area contributed by atoms with E-state index in [9.17, 15) is 17.6 Å². The molecule has 0 bridgehead atoms. The number of allylic oxidation sites excluding steroid dienone is 4. The largest absolute Gasteiger partial charge is 0.235 e. The van der Waals surface area contributed by atoms with Gasteiger partial charge in [-0.1, -0.05) is 0 Å². The molecule has 62 valence electrons. The zero-order valence-corrected chi connectivity index (χ0v) is 5.74. The van der Waals surface area contributed by atoms with Crippen LogP contribution in [0.15, 0.2) is 23.8 Å². The van der Waals surface area contributed by atoms with Gasteiger partial charge in [-0.25, -0.2) is 17.6 Å². The van der Waals surface area contributed by atoms with E-state index in [4.69, 9.17) is 0 Å². The Balaban J connectivity index is 3.04. The molecule has 0 radical (unpaired) electrons. The van der Waals surface area contributed by atoms with E-state index in [-0.39, 0.29) is 0 Å². The second kappa shape index (κ2) is 2.36. The highest BCUT2D eigenvalue weighted by Crippen LogP contribution is 2.34. The lowest BCUT2D eigenvalue weighted by Crippen LogP contribution is -2.22. The van der Waals surface area contributed by atoms with Crippen LogP contribution in [0.25, 0.3) is 0 Å². The minimum Gasteiger partial charge on any atom is -0.235 e. The van der Waals surface area contributed by atoms with Gasteiger partial charge in [0.1, 0.15) is 0 Å². The molecule has 0 fully saturated rings. The maximum atomic E-state index is 12.8. The lowest BCUT2D eigenvalue weighted by molar-refractivity contribution is 0.223. The highest BCUT2D eigenvalue weighted by molar-refractivity contribution is 5.30. The lowest BCUT2D eigenvalue weighted by Gasteiger charge is -2.19. The summed E-state index contributed by atoms with van der Waals surface area (Å²) in [6.07, 6.45) is -0.826. The molecule has 1 aliphatic carbocycles. The quantitative estimate of drug-likeness (QED) is 0.383. The summed E-state index contributed by atoms with van der Waals surface area (Å²) in [4.78, 5) is 0. The van der Waals surface area contributed by atoms with Crippen LogP contribution in [0, 0.1) is 0 Å². The summed E-state index contributed by atoms with van der Waals surface area (Å²) in [5.74, 6) is -3.34. The van der Waals surface area contributed by atoms with Gasteiger partial charge in [0, 0.05) is 0 Å². The van der Waals surface area contributed by atoms with Crippen molar-refractivity contribution in [2.45, 2.75) is 18.8 Å². The summed E-state index contributed by atoms with van der Waals surface area (Å²) in [6, 6.07) is 0. The fourth-order valence-electron chi connectivity index (χ4n) is 0.777. The molecule has 0 N–H and O–H groups in total. The SMILES string of the molecule is CC1(F)C=CC(F)C(F)=C1F. The van der Waals surface area contributed by atoms with Crippen molar-refractivity contribution in [3.8, 4) is 0 Å². The van der Waals surface area contributed by atoms with Crippen molar-refractivity contribution in [1.29, 1.82) is 0 Å². The topological polar surface area (TPSA) is 0 Å².